The number of nitro groups is 1. The van der Waals surface area contributed by atoms with E-state index in [0.717, 1.165) is 17.2 Å². The first kappa shape index (κ1) is 29.6. The highest BCUT2D eigenvalue weighted by atomic mass is 32.2. The largest absolute Gasteiger partial charge is 0.456 e. The number of carbonyl (C=O) groups is 2. The van der Waals surface area contributed by atoms with E-state index in [4.69, 9.17) is 4.74 Å². The van der Waals surface area contributed by atoms with Gasteiger partial charge in [0.25, 0.3) is 15.9 Å². The van der Waals surface area contributed by atoms with E-state index in [1.165, 1.54) is 24.3 Å². The molecule has 0 saturated carbocycles. The minimum Gasteiger partial charge on any atom is -0.456 e. The molecule has 4 aromatic rings. The molecule has 214 valence electrons. The Morgan fingerprint density at radius 3 is 2.38 bits per heavy atom. The summed E-state index contributed by atoms with van der Waals surface area (Å²) < 4.78 is 44.8. The van der Waals surface area contributed by atoms with Crippen molar-refractivity contribution in [2.45, 2.75) is 11.8 Å². The topological polar surface area (TPSA) is 157 Å². The van der Waals surface area contributed by atoms with Crippen molar-refractivity contribution in [2.75, 3.05) is 5.32 Å². The molecule has 13 heteroatoms. The Bertz CT molecular complexity index is 1800. The Morgan fingerprint density at radius 1 is 0.952 bits per heavy atom. The number of rotatable bonds is 10. The van der Waals surface area contributed by atoms with Crippen LogP contribution in [0.25, 0.3) is 6.08 Å². The second kappa shape index (κ2) is 12.8. The molecule has 0 bridgehead atoms. The number of nitrogens with zero attached hydrogens (tertiary/aromatic N) is 1. The van der Waals surface area contributed by atoms with Crippen LogP contribution in [0.15, 0.2) is 102 Å². The first-order chi connectivity index (χ1) is 20.0. The molecule has 0 aliphatic rings. The Morgan fingerprint density at radius 2 is 1.67 bits per heavy atom. The van der Waals surface area contributed by atoms with Gasteiger partial charge in [0.05, 0.1) is 15.4 Å². The number of para-hydroxylation sites is 1. The third-order valence-electron chi connectivity index (χ3n) is 5.79. The number of hydrazine groups is 1. The number of sulfonamides is 1. The molecule has 0 unspecified atom stereocenters. The van der Waals surface area contributed by atoms with E-state index >= 15 is 0 Å². The number of halogens is 1. The zero-order chi connectivity index (χ0) is 30.3. The molecule has 0 heterocycles. The van der Waals surface area contributed by atoms with Crippen molar-refractivity contribution in [1.29, 1.82) is 0 Å². The van der Waals surface area contributed by atoms with Crippen molar-refractivity contribution in [1.82, 2.24) is 10.3 Å². The van der Waals surface area contributed by atoms with Gasteiger partial charge in [-0.15, -0.1) is 4.83 Å². The molecule has 0 radical (unpaired) electrons. The van der Waals surface area contributed by atoms with Crippen LogP contribution in [0.2, 0.25) is 0 Å². The van der Waals surface area contributed by atoms with Crippen LogP contribution in [0.3, 0.4) is 0 Å². The maximum absolute atomic E-state index is 13.6. The summed E-state index contributed by atoms with van der Waals surface area (Å²) in [5.41, 5.74) is 3.00. The monoisotopic (exact) mass is 590 g/mol. The molecule has 0 aliphatic heterocycles. The lowest BCUT2D eigenvalue weighted by atomic mass is 10.1. The van der Waals surface area contributed by atoms with Gasteiger partial charge in [-0.25, -0.2) is 8.42 Å². The maximum atomic E-state index is 13.6. The fourth-order valence-corrected chi connectivity index (χ4v) is 4.51. The highest BCUT2D eigenvalue weighted by Gasteiger charge is 2.23. The third-order valence-corrected chi connectivity index (χ3v) is 7.04. The maximum Gasteiger partial charge on any atom is 0.306 e. The van der Waals surface area contributed by atoms with E-state index in [9.17, 15) is 32.5 Å². The van der Waals surface area contributed by atoms with Crippen LogP contribution in [0.4, 0.5) is 15.8 Å². The number of anilines is 1. The number of carbonyl (C=O) groups excluding carboxylic acids is 2. The first-order valence-electron chi connectivity index (χ1n) is 12.2. The molecule has 4 rings (SSSR count). The van der Waals surface area contributed by atoms with E-state index in [1.54, 1.807) is 36.4 Å². The number of nitrogens with one attached hydrogen (secondary N) is 3. The molecular weight excluding hydrogens is 567 g/mol. The lowest BCUT2D eigenvalue weighted by Gasteiger charge is -2.14. The van der Waals surface area contributed by atoms with E-state index in [-0.39, 0.29) is 17.0 Å². The highest BCUT2D eigenvalue weighted by Crippen LogP contribution is 2.29. The van der Waals surface area contributed by atoms with Gasteiger partial charge in [-0.2, -0.15) is 4.39 Å². The van der Waals surface area contributed by atoms with Crippen molar-refractivity contribution in [3.05, 3.63) is 130 Å². The van der Waals surface area contributed by atoms with Gasteiger partial charge in [-0.05, 0) is 60.5 Å². The number of amides is 2. The normalized spacial score (nSPS) is 11.2. The third kappa shape index (κ3) is 7.41. The van der Waals surface area contributed by atoms with Crippen molar-refractivity contribution < 1.29 is 32.1 Å². The van der Waals surface area contributed by atoms with Crippen molar-refractivity contribution in [3.8, 4) is 11.5 Å². The number of benzene rings is 4. The number of hydrogen-bond acceptors (Lipinski definition) is 7. The zero-order valence-corrected chi connectivity index (χ0v) is 22.7. The molecule has 0 aromatic heterocycles. The summed E-state index contributed by atoms with van der Waals surface area (Å²) in [6.45, 7) is 1.91. The fourth-order valence-electron chi connectivity index (χ4n) is 3.65. The minimum absolute atomic E-state index is 0.0176. The van der Waals surface area contributed by atoms with Gasteiger partial charge in [0, 0.05) is 23.9 Å². The van der Waals surface area contributed by atoms with E-state index in [0.29, 0.717) is 17.9 Å². The second-order valence-corrected chi connectivity index (χ2v) is 10.4. The molecule has 42 heavy (non-hydrogen) atoms. The van der Waals surface area contributed by atoms with Crippen molar-refractivity contribution in [2.24, 2.45) is 0 Å². The summed E-state index contributed by atoms with van der Waals surface area (Å²) in [5, 5.41) is 13.7. The van der Waals surface area contributed by atoms with Gasteiger partial charge in [-0.1, -0.05) is 42.5 Å². The Kier molecular flexibility index (Phi) is 9.05. The molecule has 0 atom stereocenters. The lowest BCUT2D eigenvalue weighted by Crippen LogP contribution is -2.41. The fraction of sp³-hybridized carbons (Fsp3) is 0.0345. The molecule has 2 amide bonds. The lowest BCUT2D eigenvalue weighted by molar-refractivity contribution is -0.387. The van der Waals surface area contributed by atoms with Crippen LogP contribution in [0, 0.1) is 22.9 Å². The zero-order valence-electron chi connectivity index (χ0n) is 21.9. The van der Waals surface area contributed by atoms with Crippen molar-refractivity contribution >= 4 is 39.3 Å². The number of ether oxygens (including phenoxy) is 1. The summed E-state index contributed by atoms with van der Waals surface area (Å²) in [6.07, 6.45) is 3.02. The van der Waals surface area contributed by atoms with Crippen LogP contribution in [-0.2, 0) is 14.8 Å². The van der Waals surface area contributed by atoms with Crippen LogP contribution < -0.4 is 20.3 Å². The molecular formula is C29H23FN4O7S. The first-order valence-corrected chi connectivity index (χ1v) is 13.7. The Labute approximate surface area is 239 Å². The van der Waals surface area contributed by atoms with Gasteiger partial charge in [0.1, 0.15) is 11.5 Å². The summed E-state index contributed by atoms with van der Waals surface area (Å²) in [7, 11) is -4.52. The summed E-state index contributed by atoms with van der Waals surface area (Å²) in [4.78, 5) is 36.7. The average molecular weight is 591 g/mol. The molecule has 0 saturated heterocycles. The average Bonchev–Trinajstić information content (AvgIpc) is 2.96. The number of aryl methyl sites for hydroxylation is 1. The molecule has 0 spiro atoms. The number of nitro benzene ring substituents is 1. The minimum atomic E-state index is -4.52. The Balaban J connectivity index is 1.55. The summed E-state index contributed by atoms with van der Waals surface area (Å²) in [5.74, 6) is -2.27. The molecule has 11 nitrogen and oxygen atoms in total. The van der Waals surface area contributed by atoms with Gasteiger partial charge < -0.3 is 10.1 Å². The second-order valence-electron chi connectivity index (χ2n) is 8.74. The van der Waals surface area contributed by atoms with Gasteiger partial charge in [0.2, 0.25) is 11.7 Å². The van der Waals surface area contributed by atoms with Crippen LogP contribution in [0.5, 0.6) is 11.5 Å². The van der Waals surface area contributed by atoms with Gasteiger partial charge in [0.15, 0.2) is 0 Å². The predicted octanol–water partition coefficient (Wildman–Crippen LogP) is 5.11. The van der Waals surface area contributed by atoms with Crippen LogP contribution >= 0.6 is 0 Å². The quantitative estimate of drug-likeness (QED) is 0.132. The number of hydrogen-bond donors (Lipinski definition) is 3. The van der Waals surface area contributed by atoms with E-state index in [2.05, 4.69) is 5.32 Å². The smallest absolute Gasteiger partial charge is 0.306 e. The standard InChI is InChI=1S/C29H23FN4O7S/c1-19-7-5-6-8-20(19)11-16-28(35)31-21-12-14-24(27(17-21)41-22-9-3-2-4-10-22)29(36)32-33-42(39,40)23-13-15-25(30)26(18-23)34(37)38/h2-18,33H,1H3,(H,31,35)(H,32,36). The molecule has 4 aromatic carbocycles. The molecule has 0 fully saturated rings. The Hall–Kier alpha value is -5.40. The summed E-state index contributed by atoms with van der Waals surface area (Å²) in [6, 6.07) is 22.0. The van der Waals surface area contributed by atoms with E-state index in [1.807, 2.05) is 41.4 Å². The predicted molar refractivity (Wildman–Crippen MR) is 153 cm³/mol. The van der Waals surface area contributed by atoms with E-state index < -0.39 is 43.2 Å². The highest BCUT2D eigenvalue weighted by molar-refractivity contribution is 7.89. The van der Waals surface area contributed by atoms with Crippen LogP contribution in [0.1, 0.15) is 21.5 Å². The van der Waals surface area contributed by atoms with Crippen molar-refractivity contribution in [3.63, 3.8) is 0 Å². The van der Waals surface area contributed by atoms with Crippen LogP contribution in [-0.4, -0.2) is 25.2 Å². The molecule has 0 aliphatic carbocycles. The van der Waals surface area contributed by atoms with Gasteiger partial charge >= 0.3 is 5.69 Å². The SMILES string of the molecule is Cc1ccccc1C=CC(=O)Nc1ccc(C(=O)NNS(=O)(=O)c2ccc(F)c([N+](=O)[O-])c2)c(Oc2ccccc2)c1. The summed E-state index contributed by atoms with van der Waals surface area (Å²) >= 11 is 0. The molecule has 3 N–H and O–H groups in total. The van der Waals surface area contributed by atoms with Gasteiger partial charge in [-0.3, -0.25) is 25.1 Å².